The minimum atomic E-state index is -0.595. The summed E-state index contributed by atoms with van der Waals surface area (Å²) in [5.74, 6) is -1.18. The van der Waals surface area contributed by atoms with Crippen molar-refractivity contribution in [3.8, 4) is 11.3 Å². The zero-order valence-electron chi connectivity index (χ0n) is 10.0. The Morgan fingerprint density at radius 1 is 1.18 bits per heavy atom. The minimum absolute atomic E-state index is 0.150. The zero-order valence-corrected chi connectivity index (χ0v) is 10.0. The van der Waals surface area contributed by atoms with Crippen LogP contribution in [0.15, 0.2) is 24.4 Å². The molecular formula is C13H14F2N2. The van der Waals surface area contributed by atoms with E-state index in [1.165, 1.54) is 12.1 Å². The van der Waals surface area contributed by atoms with Crippen LogP contribution in [0.4, 0.5) is 8.78 Å². The van der Waals surface area contributed by atoms with E-state index in [1.807, 2.05) is 20.8 Å². The normalized spacial score (nSPS) is 11.8. The first-order chi connectivity index (χ1) is 7.89. The summed E-state index contributed by atoms with van der Waals surface area (Å²) in [5, 5.41) is 6.79. The second-order valence-electron chi connectivity index (χ2n) is 5.02. The number of aromatic nitrogens is 2. The number of nitrogens with zero attached hydrogens (tertiary/aromatic N) is 1. The third-order valence-corrected chi connectivity index (χ3v) is 2.63. The van der Waals surface area contributed by atoms with Crippen molar-refractivity contribution in [2.45, 2.75) is 26.2 Å². The van der Waals surface area contributed by atoms with E-state index in [4.69, 9.17) is 0 Å². The van der Waals surface area contributed by atoms with Crippen LogP contribution >= 0.6 is 0 Å². The van der Waals surface area contributed by atoms with E-state index < -0.39 is 11.6 Å². The van der Waals surface area contributed by atoms with E-state index in [0.717, 1.165) is 11.6 Å². The fourth-order valence-electron chi connectivity index (χ4n) is 1.75. The Morgan fingerprint density at radius 3 is 2.47 bits per heavy atom. The molecule has 0 saturated carbocycles. The second kappa shape index (κ2) is 3.95. The van der Waals surface area contributed by atoms with Crippen LogP contribution in [-0.2, 0) is 5.41 Å². The lowest BCUT2D eigenvalue weighted by Crippen LogP contribution is -2.11. The monoisotopic (exact) mass is 236 g/mol. The molecule has 0 radical (unpaired) electrons. The lowest BCUT2D eigenvalue weighted by Gasteiger charge is -2.18. The van der Waals surface area contributed by atoms with Crippen molar-refractivity contribution in [2.75, 3.05) is 0 Å². The van der Waals surface area contributed by atoms with Gasteiger partial charge in [-0.3, -0.25) is 5.10 Å². The highest BCUT2D eigenvalue weighted by Gasteiger charge is 2.22. The van der Waals surface area contributed by atoms with Crippen molar-refractivity contribution >= 4 is 0 Å². The molecule has 1 aromatic carbocycles. The molecule has 0 aliphatic rings. The molecule has 0 atom stereocenters. The van der Waals surface area contributed by atoms with E-state index in [9.17, 15) is 8.78 Å². The largest absolute Gasteiger partial charge is 0.285 e. The third-order valence-electron chi connectivity index (χ3n) is 2.63. The first-order valence-electron chi connectivity index (χ1n) is 5.39. The summed E-state index contributed by atoms with van der Waals surface area (Å²) < 4.78 is 26.5. The lowest BCUT2D eigenvalue weighted by atomic mass is 9.86. The van der Waals surface area contributed by atoms with Gasteiger partial charge in [0, 0.05) is 23.4 Å². The predicted octanol–water partition coefficient (Wildman–Crippen LogP) is 3.65. The van der Waals surface area contributed by atoms with Gasteiger partial charge in [-0.1, -0.05) is 20.8 Å². The Kier molecular flexibility index (Phi) is 2.73. The van der Waals surface area contributed by atoms with E-state index in [-0.39, 0.29) is 5.41 Å². The SMILES string of the molecule is CC(C)(C)c1c[nH]nc1-c1ccc(F)cc1F. The van der Waals surface area contributed by atoms with Gasteiger partial charge in [0.1, 0.15) is 11.6 Å². The number of aromatic amines is 1. The Labute approximate surface area is 98.7 Å². The Hall–Kier alpha value is -1.71. The highest BCUT2D eigenvalue weighted by atomic mass is 19.1. The van der Waals surface area contributed by atoms with E-state index in [1.54, 1.807) is 6.20 Å². The van der Waals surface area contributed by atoms with E-state index in [0.29, 0.717) is 11.3 Å². The van der Waals surface area contributed by atoms with Gasteiger partial charge in [0.05, 0.1) is 5.69 Å². The Morgan fingerprint density at radius 2 is 1.88 bits per heavy atom. The van der Waals surface area contributed by atoms with Gasteiger partial charge >= 0.3 is 0 Å². The number of hydrogen-bond donors (Lipinski definition) is 1. The summed E-state index contributed by atoms with van der Waals surface area (Å²) >= 11 is 0. The van der Waals surface area contributed by atoms with Gasteiger partial charge < -0.3 is 0 Å². The van der Waals surface area contributed by atoms with Gasteiger partial charge in [-0.2, -0.15) is 5.10 Å². The maximum absolute atomic E-state index is 13.7. The molecule has 0 aliphatic carbocycles. The number of benzene rings is 1. The van der Waals surface area contributed by atoms with Crippen LogP contribution in [0.1, 0.15) is 26.3 Å². The second-order valence-corrected chi connectivity index (χ2v) is 5.02. The average molecular weight is 236 g/mol. The van der Waals surface area contributed by atoms with E-state index in [2.05, 4.69) is 10.2 Å². The maximum Gasteiger partial charge on any atom is 0.135 e. The molecule has 0 bridgehead atoms. The molecule has 0 aliphatic heterocycles. The first-order valence-corrected chi connectivity index (χ1v) is 5.39. The van der Waals surface area contributed by atoms with Crippen molar-refractivity contribution in [3.05, 3.63) is 41.6 Å². The van der Waals surface area contributed by atoms with Crippen molar-refractivity contribution in [1.29, 1.82) is 0 Å². The Bertz CT molecular complexity index is 539. The Balaban J connectivity index is 2.58. The average Bonchev–Trinajstić information content (AvgIpc) is 2.65. The van der Waals surface area contributed by atoms with Crippen molar-refractivity contribution in [3.63, 3.8) is 0 Å². The molecule has 2 aromatic rings. The third kappa shape index (κ3) is 2.20. The van der Waals surface area contributed by atoms with Crippen LogP contribution in [0.5, 0.6) is 0 Å². The van der Waals surface area contributed by atoms with Crippen molar-refractivity contribution in [2.24, 2.45) is 0 Å². The maximum atomic E-state index is 13.7. The summed E-state index contributed by atoms with van der Waals surface area (Å²) in [7, 11) is 0. The lowest BCUT2D eigenvalue weighted by molar-refractivity contribution is 0.580. The minimum Gasteiger partial charge on any atom is -0.285 e. The summed E-state index contributed by atoms with van der Waals surface area (Å²) in [6, 6.07) is 3.52. The summed E-state index contributed by atoms with van der Waals surface area (Å²) in [4.78, 5) is 0. The molecule has 0 saturated heterocycles. The van der Waals surface area contributed by atoms with Crippen molar-refractivity contribution < 1.29 is 8.78 Å². The van der Waals surface area contributed by atoms with Gasteiger partial charge in [0.25, 0.3) is 0 Å². The topological polar surface area (TPSA) is 28.7 Å². The molecular weight excluding hydrogens is 222 g/mol. The van der Waals surface area contributed by atoms with Crippen LogP contribution in [0, 0.1) is 11.6 Å². The number of halogens is 2. The fraction of sp³-hybridized carbons (Fsp3) is 0.308. The molecule has 0 amide bonds. The number of rotatable bonds is 1. The molecule has 0 unspecified atom stereocenters. The number of hydrogen-bond acceptors (Lipinski definition) is 1. The number of nitrogens with one attached hydrogen (secondary N) is 1. The highest BCUT2D eigenvalue weighted by molar-refractivity contribution is 5.64. The van der Waals surface area contributed by atoms with Crippen molar-refractivity contribution in [1.82, 2.24) is 10.2 Å². The summed E-state index contributed by atoms with van der Waals surface area (Å²) in [5.41, 5.74) is 1.61. The van der Waals surface area contributed by atoms with Crippen LogP contribution in [-0.4, -0.2) is 10.2 Å². The van der Waals surface area contributed by atoms with E-state index >= 15 is 0 Å². The molecule has 4 heteroatoms. The van der Waals surface area contributed by atoms with Crippen LogP contribution in [0.25, 0.3) is 11.3 Å². The molecule has 2 rings (SSSR count). The predicted molar refractivity (Wildman–Crippen MR) is 62.6 cm³/mol. The molecule has 1 aromatic heterocycles. The van der Waals surface area contributed by atoms with Gasteiger partial charge in [0.2, 0.25) is 0 Å². The van der Waals surface area contributed by atoms with Gasteiger partial charge in [-0.05, 0) is 17.5 Å². The van der Waals surface area contributed by atoms with Crippen LogP contribution in [0.2, 0.25) is 0 Å². The zero-order chi connectivity index (χ0) is 12.6. The first kappa shape index (κ1) is 11.8. The molecule has 90 valence electrons. The smallest absolute Gasteiger partial charge is 0.135 e. The number of H-pyrrole nitrogens is 1. The summed E-state index contributed by atoms with van der Waals surface area (Å²) in [6.45, 7) is 6.05. The molecule has 0 spiro atoms. The quantitative estimate of drug-likeness (QED) is 0.804. The highest BCUT2D eigenvalue weighted by Crippen LogP contribution is 2.32. The van der Waals surface area contributed by atoms with Gasteiger partial charge in [0.15, 0.2) is 0 Å². The summed E-state index contributed by atoms with van der Waals surface area (Å²) in [6.07, 6.45) is 1.75. The standard InChI is InChI=1S/C13H14F2N2/c1-13(2,3)10-7-16-17-12(10)9-5-4-8(14)6-11(9)15/h4-7H,1-3H3,(H,16,17). The van der Waals surface area contributed by atoms with Gasteiger partial charge in [-0.15, -0.1) is 0 Å². The van der Waals surface area contributed by atoms with Crippen LogP contribution in [0.3, 0.4) is 0 Å². The molecule has 1 heterocycles. The molecule has 2 nitrogen and oxygen atoms in total. The van der Waals surface area contributed by atoms with Crippen LogP contribution < -0.4 is 0 Å². The fourth-order valence-corrected chi connectivity index (χ4v) is 1.75. The van der Waals surface area contributed by atoms with Gasteiger partial charge in [-0.25, -0.2) is 8.78 Å². The molecule has 17 heavy (non-hydrogen) atoms. The molecule has 0 fully saturated rings. The molecule has 1 N–H and O–H groups in total.